The van der Waals surface area contributed by atoms with Gasteiger partial charge in [-0.3, -0.25) is 0 Å². The minimum Gasteiger partial charge on any atom is -0.395 e. The lowest BCUT2D eigenvalue weighted by atomic mass is 9.92. The van der Waals surface area contributed by atoms with Crippen molar-refractivity contribution >= 4 is 12.4 Å². The molecule has 1 saturated carbocycles. The molecule has 0 amide bonds. The number of hydrogen-bond acceptors (Lipinski definition) is 2. The fourth-order valence-corrected chi connectivity index (χ4v) is 1.79. The molecule has 1 aliphatic carbocycles. The maximum atomic E-state index is 8.82. The first-order chi connectivity index (χ1) is 4.85. The summed E-state index contributed by atoms with van der Waals surface area (Å²) in [6.45, 7) is 1.47. The van der Waals surface area contributed by atoms with Crippen molar-refractivity contribution in [2.75, 3.05) is 13.2 Å². The Kier molecular flexibility index (Phi) is 2.79. The maximum absolute atomic E-state index is 8.82. The third kappa shape index (κ3) is 1.86. The van der Waals surface area contributed by atoms with Crippen LogP contribution in [0.5, 0.6) is 0 Å². The van der Waals surface area contributed by atoms with E-state index in [-0.39, 0.29) is 12.4 Å². The highest BCUT2D eigenvalue weighted by atomic mass is 35.5. The van der Waals surface area contributed by atoms with Gasteiger partial charge in [0, 0.05) is 12.6 Å². The summed E-state index contributed by atoms with van der Waals surface area (Å²) in [5.41, 5.74) is 0.686. The molecule has 66 valence electrons. The summed E-state index contributed by atoms with van der Waals surface area (Å²) in [5, 5.41) is 12.2. The van der Waals surface area contributed by atoms with Crippen LogP contribution in [-0.2, 0) is 0 Å². The number of piperidine rings is 1. The highest BCUT2D eigenvalue weighted by Crippen LogP contribution is 2.50. The summed E-state index contributed by atoms with van der Waals surface area (Å²) in [7, 11) is 0. The smallest absolute Gasteiger partial charge is 0.0584 e. The summed E-state index contributed by atoms with van der Waals surface area (Å²) >= 11 is 0. The third-order valence-electron chi connectivity index (χ3n) is 2.97. The first-order valence-electron chi connectivity index (χ1n) is 4.19. The monoisotopic (exact) mass is 177 g/mol. The highest BCUT2D eigenvalue weighted by molar-refractivity contribution is 5.85. The molecule has 2 aliphatic rings. The average Bonchev–Trinajstić information content (AvgIpc) is 2.72. The van der Waals surface area contributed by atoms with Gasteiger partial charge < -0.3 is 10.4 Å². The number of nitrogens with one attached hydrogen (secondary N) is 1. The Labute approximate surface area is 73.8 Å². The number of hydrogen-bond donors (Lipinski definition) is 2. The van der Waals surface area contributed by atoms with Gasteiger partial charge in [-0.05, 0) is 31.1 Å². The summed E-state index contributed by atoms with van der Waals surface area (Å²) in [6.07, 6.45) is 5.35. The van der Waals surface area contributed by atoms with E-state index in [4.69, 9.17) is 5.11 Å². The third-order valence-corrected chi connectivity index (χ3v) is 2.97. The van der Waals surface area contributed by atoms with Gasteiger partial charge in [0.1, 0.15) is 0 Å². The van der Waals surface area contributed by atoms with Gasteiger partial charge in [-0.15, -0.1) is 12.4 Å². The molecule has 0 aromatic carbocycles. The molecule has 0 aromatic rings. The van der Waals surface area contributed by atoms with Crippen molar-refractivity contribution in [1.29, 1.82) is 0 Å². The van der Waals surface area contributed by atoms with Crippen LogP contribution in [0.2, 0.25) is 0 Å². The molecule has 2 nitrogen and oxygen atoms in total. The van der Waals surface area contributed by atoms with E-state index in [9.17, 15) is 0 Å². The first-order valence-corrected chi connectivity index (χ1v) is 4.19. The molecule has 3 heteroatoms. The van der Waals surface area contributed by atoms with E-state index in [1.165, 1.54) is 25.7 Å². The second-order valence-corrected chi connectivity index (χ2v) is 3.80. The molecule has 2 N–H and O–H groups in total. The molecule has 1 heterocycles. The lowest BCUT2D eigenvalue weighted by Crippen LogP contribution is -2.41. The molecule has 0 aromatic heterocycles. The molecule has 1 aliphatic heterocycles. The Bertz CT molecular complexity index is 126. The second kappa shape index (κ2) is 3.30. The lowest BCUT2D eigenvalue weighted by Gasteiger charge is -2.28. The molecule has 1 unspecified atom stereocenters. The SMILES string of the molecule is Cl.OCC1CCC2(CC2)CN1. The van der Waals surface area contributed by atoms with Gasteiger partial charge in [0.25, 0.3) is 0 Å². The van der Waals surface area contributed by atoms with E-state index in [1.54, 1.807) is 0 Å². The van der Waals surface area contributed by atoms with Crippen LogP contribution in [-0.4, -0.2) is 24.3 Å². The zero-order valence-corrected chi connectivity index (χ0v) is 7.49. The van der Waals surface area contributed by atoms with Gasteiger partial charge in [0.05, 0.1) is 6.61 Å². The average molecular weight is 178 g/mol. The molecular formula is C8H16ClNO. The predicted octanol–water partition coefficient (Wildman–Crippen LogP) is 0.933. The van der Waals surface area contributed by atoms with Gasteiger partial charge in [0.2, 0.25) is 0 Å². The quantitative estimate of drug-likeness (QED) is 0.625. The van der Waals surface area contributed by atoms with Gasteiger partial charge in [-0.25, -0.2) is 0 Å². The van der Waals surface area contributed by atoms with Crippen LogP contribution < -0.4 is 5.32 Å². The summed E-state index contributed by atoms with van der Waals surface area (Å²) in [6, 6.07) is 0.395. The molecule has 1 atom stereocenters. The zero-order valence-electron chi connectivity index (χ0n) is 6.68. The summed E-state index contributed by atoms with van der Waals surface area (Å²) in [4.78, 5) is 0. The van der Waals surface area contributed by atoms with Crippen molar-refractivity contribution in [2.24, 2.45) is 5.41 Å². The largest absolute Gasteiger partial charge is 0.395 e. The van der Waals surface area contributed by atoms with Gasteiger partial charge in [-0.2, -0.15) is 0 Å². The standard InChI is InChI=1S/C8H15NO.ClH/c10-5-7-1-2-8(3-4-8)6-9-7;/h7,9-10H,1-6H2;1H. The first kappa shape index (κ1) is 9.30. The molecule has 2 rings (SSSR count). The van der Waals surface area contributed by atoms with Crippen LogP contribution in [0, 0.1) is 5.41 Å². The Hall–Kier alpha value is 0.210. The summed E-state index contributed by atoms with van der Waals surface area (Å²) in [5.74, 6) is 0. The molecule has 11 heavy (non-hydrogen) atoms. The van der Waals surface area contributed by atoms with Crippen LogP contribution in [0.1, 0.15) is 25.7 Å². The minimum atomic E-state index is 0. The van der Waals surface area contributed by atoms with E-state index in [0.29, 0.717) is 18.1 Å². The van der Waals surface area contributed by atoms with E-state index < -0.39 is 0 Å². The summed E-state index contributed by atoms with van der Waals surface area (Å²) < 4.78 is 0. The Balaban J connectivity index is 0.000000605. The lowest BCUT2D eigenvalue weighted by molar-refractivity contribution is 0.191. The molecule has 0 bridgehead atoms. The van der Waals surface area contributed by atoms with Crippen LogP contribution in [0.3, 0.4) is 0 Å². The van der Waals surface area contributed by atoms with Crippen LogP contribution in [0.4, 0.5) is 0 Å². The van der Waals surface area contributed by atoms with Gasteiger partial charge >= 0.3 is 0 Å². The van der Waals surface area contributed by atoms with Gasteiger partial charge in [-0.1, -0.05) is 0 Å². The van der Waals surface area contributed by atoms with Crippen molar-refractivity contribution in [1.82, 2.24) is 5.32 Å². The number of rotatable bonds is 1. The highest BCUT2D eigenvalue weighted by Gasteiger charge is 2.44. The van der Waals surface area contributed by atoms with E-state index in [0.717, 1.165) is 6.54 Å². The predicted molar refractivity (Wildman–Crippen MR) is 47.0 cm³/mol. The van der Waals surface area contributed by atoms with E-state index in [2.05, 4.69) is 5.32 Å². The Morgan fingerprint density at radius 3 is 2.45 bits per heavy atom. The van der Waals surface area contributed by atoms with Crippen molar-refractivity contribution < 1.29 is 5.11 Å². The van der Waals surface area contributed by atoms with Crippen LogP contribution >= 0.6 is 12.4 Å². The second-order valence-electron chi connectivity index (χ2n) is 3.80. The maximum Gasteiger partial charge on any atom is 0.0584 e. The van der Waals surface area contributed by atoms with Gasteiger partial charge in [0.15, 0.2) is 0 Å². The fourth-order valence-electron chi connectivity index (χ4n) is 1.79. The normalized spacial score (nSPS) is 33.0. The topological polar surface area (TPSA) is 32.3 Å². The van der Waals surface area contributed by atoms with Crippen LogP contribution in [0.25, 0.3) is 0 Å². The Morgan fingerprint density at radius 1 is 1.36 bits per heavy atom. The number of aliphatic hydroxyl groups is 1. The van der Waals surface area contributed by atoms with E-state index >= 15 is 0 Å². The van der Waals surface area contributed by atoms with Crippen molar-refractivity contribution in [3.05, 3.63) is 0 Å². The zero-order chi connectivity index (χ0) is 7.03. The van der Waals surface area contributed by atoms with Crippen molar-refractivity contribution in [2.45, 2.75) is 31.7 Å². The number of halogens is 1. The fraction of sp³-hybridized carbons (Fsp3) is 1.00. The van der Waals surface area contributed by atoms with E-state index in [1.807, 2.05) is 0 Å². The molecule has 0 radical (unpaired) electrons. The molecular weight excluding hydrogens is 162 g/mol. The van der Waals surface area contributed by atoms with Crippen LogP contribution in [0.15, 0.2) is 0 Å². The molecule has 1 saturated heterocycles. The van der Waals surface area contributed by atoms with Crippen molar-refractivity contribution in [3.63, 3.8) is 0 Å². The molecule has 2 fully saturated rings. The Morgan fingerprint density at radius 2 is 2.09 bits per heavy atom. The minimum absolute atomic E-state index is 0. The number of aliphatic hydroxyl groups excluding tert-OH is 1. The van der Waals surface area contributed by atoms with Crippen molar-refractivity contribution in [3.8, 4) is 0 Å². The molecule has 1 spiro atoms.